The highest BCUT2D eigenvalue weighted by Gasteiger charge is 2.16. The minimum atomic E-state index is -1.13. The number of benzene rings is 1. The summed E-state index contributed by atoms with van der Waals surface area (Å²) >= 11 is 1.45. The molecule has 1 aromatic heterocycles. The third-order valence-electron chi connectivity index (χ3n) is 2.58. The maximum atomic E-state index is 13.7. The summed E-state index contributed by atoms with van der Waals surface area (Å²) in [5.41, 5.74) is 0.609. The van der Waals surface area contributed by atoms with Gasteiger partial charge >= 0.3 is 0 Å². The molecule has 3 nitrogen and oxygen atoms in total. The fourth-order valence-electron chi connectivity index (χ4n) is 1.61. The zero-order valence-corrected chi connectivity index (χ0v) is 11.2. The standard InChI is InChI=1S/C13H11F2N3S/c1-7-6-19-13(17-7)8(2)18-10-4-3-9(5-16)11(14)12(10)15/h3-4,6,8,18H,1-2H3. The predicted molar refractivity (Wildman–Crippen MR) is 70.0 cm³/mol. The minimum absolute atomic E-state index is 0.0249. The molecule has 2 rings (SSSR count). The highest BCUT2D eigenvalue weighted by Crippen LogP contribution is 2.26. The second kappa shape index (κ2) is 5.33. The lowest BCUT2D eigenvalue weighted by atomic mass is 10.2. The molecule has 0 saturated heterocycles. The van der Waals surface area contributed by atoms with Gasteiger partial charge in [-0.2, -0.15) is 5.26 Å². The summed E-state index contributed by atoms with van der Waals surface area (Å²) < 4.78 is 27.2. The van der Waals surface area contributed by atoms with E-state index in [9.17, 15) is 8.78 Å². The molecule has 0 bridgehead atoms. The normalized spacial score (nSPS) is 11.9. The summed E-state index contributed by atoms with van der Waals surface area (Å²) in [5.74, 6) is -2.17. The highest BCUT2D eigenvalue weighted by molar-refractivity contribution is 7.09. The zero-order valence-electron chi connectivity index (χ0n) is 10.4. The van der Waals surface area contributed by atoms with Crippen molar-refractivity contribution in [3.8, 4) is 6.07 Å². The summed E-state index contributed by atoms with van der Waals surface area (Å²) in [4.78, 5) is 4.28. The smallest absolute Gasteiger partial charge is 0.183 e. The molecule has 1 N–H and O–H groups in total. The van der Waals surface area contributed by atoms with Gasteiger partial charge in [-0.1, -0.05) is 0 Å². The second-order valence-corrected chi connectivity index (χ2v) is 4.98. The van der Waals surface area contributed by atoms with Crippen molar-refractivity contribution >= 4 is 17.0 Å². The van der Waals surface area contributed by atoms with Crippen LogP contribution in [0.15, 0.2) is 17.5 Å². The first-order chi connectivity index (χ1) is 9.02. The number of halogens is 2. The second-order valence-electron chi connectivity index (χ2n) is 4.09. The molecule has 0 radical (unpaired) electrons. The summed E-state index contributed by atoms with van der Waals surface area (Å²) in [6.07, 6.45) is 0. The van der Waals surface area contributed by atoms with E-state index >= 15 is 0 Å². The molecule has 0 fully saturated rings. The molecule has 6 heteroatoms. The van der Waals surface area contributed by atoms with Gasteiger partial charge in [0, 0.05) is 11.1 Å². The molecule has 19 heavy (non-hydrogen) atoms. The van der Waals surface area contributed by atoms with E-state index in [4.69, 9.17) is 5.26 Å². The Morgan fingerprint density at radius 1 is 1.37 bits per heavy atom. The van der Waals surface area contributed by atoms with E-state index in [0.717, 1.165) is 10.7 Å². The number of aryl methyl sites for hydroxylation is 1. The number of hydrogen-bond acceptors (Lipinski definition) is 4. The molecule has 0 amide bonds. The molecular weight excluding hydrogens is 268 g/mol. The highest BCUT2D eigenvalue weighted by atomic mass is 32.1. The fourth-order valence-corrected chi connectivity index (χ4v) is 2.42. The molecule has 1 heterocycles. The van der Waals surface area contributed by atoms with E-state index in [1.165, 1.54) is 23.5 Å². The Balaban J connectivity index is 2.25. The van der Waals surface area contributed by atoms with Gasteiger partial charge in [0.15, 0.2) is 11.6 Å². The van der Waals surface area contributed by atoms with Gasteiger partial charge in [-0.15, -0.1) is 11.3 Å². The summed E-state index contributed by atoms with van der Waals surface area (Å²) in [7, 11) is 0. The Hall–Kier alpha value is -2.00. The van der Waals surface area contributed by atoms with Crippen LogP contribution in [0.5, 0.6) is 0 Å². The van der Waals surface area contributed by atoms with Crippen LogP contribution in [0.25, 0.3) is 0 Å². The Bertz CT molecular complexity index is 646. The van der Waals surface area contributed by atoms with Gasteiger partial charge in [-0.25, -0.2) is 13.8 Å². The van der Waals surface area contributed by atoms with Crippen LogP contribution in [0.4, 0.5) is 14.5 Å². The molecule has 0 aliphatic carbocycles. The van der Waals surface area contributed by atoms with E-state index in [-0.39, 0.29) is 17.3 Å². The number of nitrogens with zero attached hydrogens (tertiary/aromatic N) is 2. The van der Waals surface area contributed by atoms with Crippen LogP contribution in [-0.2, 0) is 0 Å². The van der Waals surface area contributed by atoms with Crippen LogP contribution in [0, 0.1) is 29.9 Å². The first-order valence-electron chi connectivity index (χ1n) is 5.59. The van der Waals surface area contributed by atoms with E-state index in [2.05, 4.69) is 10.3 Å². The number of rotatable bonds is 3. The van der Waals surface area contributed by atoms with Gasteiger partial charge in [-0.3, -0.25) is 0 Å². The van der Waals surface area contributed by atoms with Gasteiger partial charge < -0.3 is 5.32 Å². The van der Waals surface area contributed by atoms with E-state index in [1.807, 2.05) is 19.2 Å². The molecule has 1 aromatic carbocycles. The van der Waals surface area contributed by atoms with Crippen LogP contribution >= 0.6 is 11.3 Å². The number of thiazole rings is 1. The average molecular weight is 279 g/mol. The summed E-state index contributed by atoms with van der Waals surface area (Å²) in [6.45, 7) is 3.68. The topological polar surface area (TPSA) is 48.7 Å². The first kappa shape index (κ1) is 13.4. The molecule has 1 atom stereocenters. The molecule has 0 aliphatic heterocycles. The van der Waals surface area contributed by atoms with E-state index in [1.54, 1.807) is 6.07 Å². The van der Waals surface area contributed by atoms with Crippen molar-refractivity contribution in [1.82, 2.24) is 4.98 Å². The van der Waals surface area contributed by atoms with Crippen molar-refractivity contribution < 1.29 is 8.78 Å². The third-order valence-corrected chi connectivity index (χ3v) is 3.73. The number of nitrogens with one attached hydrogen (secondary N) is 1. The quantitative estimate of drug-likeness (QED) is 0.930. The Kier molecular flexibility index (Phi) is 3.76. The van der Waals surface area contributed by atoms with Crippen molar-refractivity contribution in [2.24, 2.45) is 0 Å². The summed E-state index contributed by atoms with van der Waals surface area (Å²) in [5, 5.41) is 14.2. The molecular formula is C13H11F2N3S. The van der Waals surface area contributed by atoms with Gasteiger partial charge in [0.1, 0.15) is 11.1 Å². The van der Waals surface area contributed by atoms with Crippen molar-refractivity contribution in [2.45, 2.75) is 19.9 Å². The maximum Gasteiger partial charge on any atom is 0.183 e. The Labute approximate surface area is 113 Å². The van der Waals surface area contributed by atoms with Crippen molar-refractivity contribution in [3.63, 3.8) is 0 Å². The zero-order chi connectivity index (χ0) is 14.0. The molecule has 1 unspecified atom stereocenters. The predicted octanol–water partition coefficient (Wildman–Crippen LogP) is 3.77. The Morgan fingerprint density at radius 3 is 2.68 bits per heavy atom. The van der Waals surface area contributed by atoms with Crippen LogP contribution in [0.2, 0.25) is 0 Å². The molecule has 2 aromatic rings. The van der Waals surface area contributed by atoms with Crippen LogP contribution in [0.1, 0.15) is 29.2 Å². The van der Waals surface area contributed by atoms with Crippen molar-refractivity contribution in [2.75, 3.05) is 5.32 Å². The van der Waals surface area contributed by atoms with Gasteiger partial charge in [0.05, 0.1) is 17.3 Å². The summed E-state index contributed by atoms with van der Waals surface area (Å²) in [6, 6.07) is 3.97. The van der Waals surface area contributed by atoms with Gasteiger partial charge in [0.2, 0.25) is 0 Å². The Morgan fingerprint density at radius 2 is 2.11 bits per heavy atom. The van der Waals surface area contributed by atoms with E-state index < -0.39 is 11.6 Å². The molecule has 98 valence electrons. The molecule has 0 spiro atoms. The van der Waals surface area contributed by atoms with Gasteiger partial charge in [-0.05, 0) is 26.0 Å². The van der Waals surface area contributed by atoms with Crippen molar-refractivity contribution in [3.05, 3.63) is 45.4 Å². The van der Waals surface area contributed by atoms with Gasteiger partial charge in [0.25, 0.3) is 0 Å². The maximum absolute atomic E-state index is 13.7. The largest absolute Gasteiger partial charge is 0.374 e. The van der Waals surface area contributed by atoms with Crippen molar-refractivity contribution in [1.29, 1.82) is 5.26 Å². The number of nitriles is 1. The first-order valence-corrected chi connectivity index (χ1v) is 6.47. The lowest BCUT2D eigenvalue weighted by Crippen LogP contribution is -2.09. The molecule has 0 aliphatic rings. The van der Waals surface area contributed by atoms with E-state index in [0.29, 0.717) is 0 Å². The lowest BCUT2D eigenvalue weighted by Gasteiger charge is -2.14. The monoisotopic (exact) mass is 279 g/mol. The average Bonchev–Trinajstić information content (AvgIpc) is 2.82. The van der Waals surface area contributed by atoms with Crippen LogP contribution in [-0.4, -0.2) is 4.98 Å². The third kappa shape index (κ3) is 2.71. The fraction of sp³-hybridized carbons (Fsp3) is 0.231. The number of hydrogen-bond donors (Lipinski definition) is 1. The lowest BCUT2D eigenvalue weighted by molar-refractivity contribution is 0.507. The van der Waals surface area contributed by atoms with Crippen LogP contribution in [0.3, 0.4) is 0 Å². The SMILES string of the molecule is Cc1csc(C(C)Nc2ccc(C#N)c(F)c2F)n1. The number of aromatic nitrogens is 1. The molecule has 0 saturated carbocycles. The minimum Gasteiger partial charge on any atom is -0.374 e. The van der Waals surface area contributed by atoms with Crippen LogP contribution < -0.4 is 5.32 Å². The number of anilines is 1.